The van der Waals surface area contributed by atoms with Gasteiger partial charge in [-0.1, -0.05) is 0 Å². The zero-order valence-electron chi connectivity index (χ0n) is 16.0. The zero-order chi connectivity index (χ0) is 19.2. The summed E-state index contributed by atoms with van der Waals surface area (Å²) >= 11 is 0. The third-order valence-electron chi connectivity index (χ3n) is 5.45. The van der Waals surface area contributed by atoms with Crippen molar-refractivity contribution in [3.8, 4) is 0 Å². The van der Waals surface area contributed by atoms with Crippen LogP contribution in [0.15, 0.2) is 28.9 Å². The number of carbonyl (C=O) groups excluding carboxylic acids is 2. The first-order valence-corrected chi connectivity index (χ1v) is 9.51. The molecule has 0 radical (unpaired) electrons. The highest BCUT2D eigenvalue weighted by atomic mass is 16.3. The van der Waals surface area contributed by atoms with E-state index in [1.54, 1.807) is 18.5 Å². The minimum atomic E-state index is -0.208. The van der Waals surface area contributed by atoms with Crippen molar-refractivity contribution in [3.63, 3.8) is 0 Å². The molecular weight excluding hydrogens is 344 g/mol. The number of furan rings is 1. The van der Waals surface area contributed by atoms with E-state index in [0.717, 1.165) is 24.9 Å². The predicted molar refractivity (Wildman–Crippen MR) is 101 cm³/mol. The first-order valence-electron chi connectivity index (χ1n) is 9.51. The van der Waals surface area contributed by atoms with Crippen molar-refractivity contribution >= 4 is 22.9 Å². The maximum atomic E-state index is 12.3. The number of hydrogen-bond donors (Lipinski definition) is 2. The molecule has 2 fully saturated rings. The van der Waals surface area contributed by atoms with Gasteiger partial charge in [0, 0.05) is 36.8 Å². The van der Waals surface area contributed by atoms with Crippen molar-refractivity contribution in [2.75, 3.05) is 19.6 Å². The van der Waals surface area contributed by atoms with Crippen molar-refractivity contribution in [2.24, 2.45) is 17.8 Å². The lowest BCUT2D eigenvalue weighted by molar-refractivity contribution is 0.0926. The number of urea groups is 1. The molecule has 2 unspecified atom stereocenters. The number of nitrogens with zero attached hydrogens (tertiary/aromatic N) is 2. The van der Waals surface area contributed by atoms with Crippen LogP contribution in [0.5, 0.6) is 0 Å². The SMILES string of the molecule is CC(C)(C)NC(=O)N1CC2C(CCNC(=O)c3cc4ccncc4o3)C2C1. The molecule has 1 saturated heterocycles. The third kappa shape index (κ3) is 3.77. The van der Waals surface area contributed by atoms with Gasteiger partial charge in [-0.05, 0) is 57.1 Å². The van der Waals surface area contributed by atoms with Gasteiger partial charge in [-0.3, -0.25) is 9.78 Å². The number of nitrogens with one attached hydrogen (secondary N) is 2. The maximum absolute atomic E-state index is 12.3. The minimum Gasteiger partial charge on any atom is -0.449 e. The summed E-state index contributed by atoms with van der Waals surface area (Å²) in [7, 11) is 0. The van der Waals surface area contributed by atoms with Crippen molar-refractivity contribution in [3.05, 3.63) is 30.3 Å². The molecule has 2 aromatic rings. The molecule has 7 nitrogen and oxygen atoms in total. The minimum absolute atomic E-state index is 0.0288. The standard InChI is InChI=1S/C20H26N4O3/c1-20(2,3)23-19(26)24-10-14-13(15(14)11-24)5-7-22-18(25)16-8-12-4-6-21-9-17(12)27-16/h4,6,8-9,13-15H,5,7,10-11H2,1-3H3,(H,22,25)(H,23,26). The van der Waals surface area contributed by atoms with Crippen LogP contribution >= 0.6 is 0 Å². The average molecular weight is 370 g/mol. The molecule has 1 saturated carbocycles. The van der Waals surface area contributed by atoms with E-state index < -0.39 is 0 Å². The lowest BCUT2D eigenvalue weighted by Gasteiger charge is -2.27. The number of rotatable bonds is 4. The van der Waals surface area contributed by atoms with Gasteiger partial charge in [0.25, 0.3) is 5.91 Å². The fourth-order valence-corrected chi connectivity index (χ4v) is 4.08. The molecule has 2 N–H and O–H groups in total. The van der Waals surface area contributed by atoms with Gasteiger partial charge in [-0.2, -0.15) is 0 Å². The van der Waals surface area contributed by atoms with Crippen LogP contribution in [0.3, 0.4) is 0 Å². The van der Waals surface area contributed by atoms with E-state index >= 15 is 0 Å². The Bertz CT molecular complexity index is 824. The first-order chi connectivity index (χ1) is 12.8. The zero-order valence-corrected chi connectivity index (χ0v) is 16.0. The molecule has 0 spiro atoms. The second-order valence-electron chi connectivity index (χ2n) is 8.65. The summed E-state index contributed by atoms with van der Waals surface area (Å²) in [5.41, 5.74) is 0.410. The number of hydrogen-bond acceptors (Lipinski definition) is 4. The average Bonchev–Trinajstić information content (AvgIpc) is 3.00. The van der Waals surface area contributed by atoms with Crippen LogP contribution in [0.2, 0.25) is 0 Å². The van der Waals surface area contributed by atoms with Crippen molar-refractivity contribution in [1.82, 2.24) is 20.5 Å². The van der Waals surface area contributed by atoms with Crippen molar-refractivity contribution in [1.29, 1.82) is 0 Å². The van der Waals surface area contributed by atoms with E-state index in [1.807, 2.05) is 31.7 Å². The second kappa shape index (κ2) is 6.55. The van der Waals surface area contributed by atoms with Crippen LogP contribution in [0.1, 0.15) is 37.7 Å². The van der Waals surface area contributed by atoms with Crippen molar-refractivity contribution < 1.29 is 14.0 Å². The number of fused-ring (bicyclic) bond motifs is 2. The molecule has 3 heterocycles. The summed E-state index contributed by atoms with van der Waals surface area (Å²) in [5, 5.41) is 6.83. The summed E-state index contributed by atoms with van der Waals surface area (Å²) in [6.07, 6.45) is 4.23. The highest BCUT2D eigenvalue weighted by Crippen LogP contribution is 2.53. The smallest absolute Gasteiger partial charge is 0.317 e. The number of piperidine rings is 1. The van der Waals surface area contributed by atoms with Crippen LogP contribution in [0, 0.1) is 17.8 Å². The summed E-state index contributed by atoms with van der Waals surface area (Å²) in [6.45, 7) is 8.24. The van der Waals surface area contributed by atoms with Crippen molar-refractivity contribution in [2.45, 2.75) is 32.7 Å². The first kappa shape index (κ1) is 17.8. The van der Waals surface area contributed by atoms with E-state index in [-0.39, 0.29) is 17.5 Å². The number of aromatic nitrogens is 1. The summed E-state index contributed by atoms with van der Waals surface area (Å²) in [6, 6.07) is 3.59. The van der Waals surface area contributed by atoms with Gasteiger partial charge in [0.15, 0.2) is 11.3 Å². The Morgan fingerprint density at radius 1 is 1.30 bits per heavy atom. The van der Waals surface area contributed by atoms with Crippen LogP contribution < -0.4 is 10.6 Å². The Hall–Kier alpha value is -2.57. The van der Waals surface area contributed by atoms with Gasteiger partial charge in [-0.25, -0.2) is 4.79 Å². The highest BCUT2D eigenvalue weighted by Gasteiger charge is 2.56. The second-order valence-corrected chi connectivity index (χ2v) is 8.65. The van der Waals surface area contributed by atoms with Gasteiger partial charge in [0.05, 0.1) is 6.20 Å². The quantitative estimate of drug-likeness (QED) is 0.866. The monoisotopic (exact) mass is 370 g/mol. The molecule has 4 rings (SSSR count). The number of likely N-dealkylation sites (tertiary alicyclic amines) is 1. The van der Waals surface area contributed by atoms with Gasteiger partial charge in [-0.15, -0.1) is 0 Å². The molecule has 0 bridgehead atoms. The Morgan fingerprint density at radius 2 is 2.04 bits per heavy atom. The van der Waals surface area contributed by atoms with E-state index in [0.29, 0.717) is 35.6 Å². The lowest BCUT2D eigenvalue weighted by Crippen LogP contribution is -2.48. The molecule has 144 valence electrons. The van der Waals surface area contributed by atoms with E-state index in [4.69, 9.17) is 4.42 Å². The summed E-state index contributed by atoms with van der Waals surface area (Å²) in [5.74, 6) is 1.88. The third-order valence-corrected chi connectivity index (χ3v) is 5.45. The maximum Gasteiger partial charge on any atom is 0.317 e. The Morgan fingerprint density at radius 3 is 2.70 bits per heavy atom. The number of amides is 3. The molecule has 3 amide bonds. The van der Waals surface area contributed by atoms with Crippen LogP contribution in [0.25, 0.3) is 11.0 Å². The van der Waals surface area contributed by atoms with Crippen LogP contribution in [-0.4, -0.2) is 47.0 Å². The fraction of sp³-hybridized carbons (Fsp3) is 0.550. The molecular formula is C20H26N4O3. The Balaban J connectivity index is 1.21. The van der Waals surface area contributed by atoms with Gasteiger partial charge in [0.1, 0.15) is 0 Å². The van der Waals surface area contributed by atoms with E-state index in [2.05, 4.69) is 15.6 Å². The largest absolute Gasteiger partial charge is 0.449 e. The fourth-order valence-electron chi connectivity index (χ4n) is 4.08. The van der Waals surface area contributed by atoms with Crippen LogP contribution in [0.4, 0.5) is 4.79 Å². The molecule has 7 heteroatoms. The van der Waals surface area contributed by atoms with Crippen LogP contribution in [-0.2, 0) is 0 Å². The number of pyridine rings is 1. The topological polar surface area (TPSA) is 87.5 Å². The highest BCUT2D eigenvalue weighted by molar-refractivity contribution is 5.95. The molecule has 2 atom stereocenters. The Labute approximate surface area is 158 Å². The molecule has 1 aliphatic carbocycles. The summed E-state index contributed by atoms with van der Waals surface area (Å²) in [4.78, 5) is 30.4. The Kier molecular flexibility index (Phi) is 4.32. The van der Waals surface area contributed by atoms with Gasteiger partial charge >= 0.3 is 6.03 Å². The molecule has 27 heavy (non-hydrogen) atoms. The predicted octanol–water partition coefficient (Wildman–Crippen LogP) is 2.63. The van der Waals surface area contributed by atoms with E-state index in [1.165, 1.54) is 0 Å². The molecule has 2 aliphatic rings. The molecule has 2 aromatic heterocycles. The lowest BCUT2D eigenvalue weighted by atomic mass is 10.1. The van der Waals surface area contributed by atoms with E-state index in [9.17, 15) is 9.59 Å². The van der Waals surface area contributed by atoms with Gasteiger partial charge < -0.3 is 20.0 Å². The number of carbonyl (C=O) groups is 2. The van der Waals surface area contributed by atoms with Gasteiger partial charge in [0.2, 0.25) is 0 Å². The molecule has 1 aliphatic heterocycles. The summed E-state index contributed by atoms with van der Waals surface area (Å²) < 4.78 is 5.53. The molecule has 0 aromatic carbocycles. The normalized spacial score (nSPS) is 24.0.